The number of piperidine rings is 2. The minimum absolute atomic E-state index is 0.00250. The number of nitrogens with one attached hydrogen (secondary N) is 9. The van der Waals surface area contributed by atoms with E-state index >= 15 is 8.78 Å². The zero-order valence-electron chi connectivity index (χ0n) is 69.9. The fourth-order valence-corrected chi connectivity index (χ4v) is 16.2. The van der Waals surface area contributed by atoms with E-state index in [1.807, 2.05) is 57.7 Å². The van der Waals surface area contributed by atoms with Crippen LogP contribution in [0.15, 0.2) is 107 Å². The van der Waals surface area contributed by atoms with Crippen LogP contribution in [0.1, 0.15) is 163 Å². The van der Waals surface area contributed by atoms with Gasteiger partial charge in [0.15, 0.2) is 0 Å². The van der Waals surface area contributed by atoms with Crippen LogP contribution in [-0.2, 0) is 50.6 Å². The third-order valence-electron chi connectivity index (χ3n) is 23.3. The van der Waals surface area contributed by atoms with Gasteiger partial charge in [-0.1, -0.05) is 24.3 Å². The van der Waals surface area contributed by atoms with Crippen molar-refractivity contribution in [2.45, 2.75) is 128 Å². The molecule has 11 amide bonds. The van der Waals surface area contributed by atoms with Gasteiger partial charge in [0.2, 0.25) is 40.7 Å². The molecule has 2 aromatic heterocycles. The Labute approximate surface area is 720 Å². The normalized spacial score (nSPS) is 20.5. The van der Waals surface area contributed by atoms with E-state index in [-0.39, 0.29) is 166 Å². The molecule has 8 aliphatic heterocycles. The maximum Gasteiger partial charge on any atom is 0.417 e. The molecule has 2 unspecified atom stereocenters. The molecule has 127 heavy (non-hydrogen) atoms. The van der Waals surface area contributed by atoms with E-state index in [0.717, 1.165) is 21.6 Å². The smallest absolute Gasteiger partial charge is 0.417 e. The lowest BCUT2D eigenvalue weighted by Crippen LogP contribution is -2.55. The molecule has 41 heteroatoms. The number of nitrogens with zero attached hydrogens (tertiary/aromatic N) is 7. The van der Waals surface area contributed by atoms with Gasteiger partial charge in [-0.05, 0) is 134 Å². The first-order valence-electron chi connectivity index (χ1n) is 41.0. The number of rotatable bonds is 24. The Bertz CT molecular complexity index is 5520. The van der Waals surface area contributed by atoms with E-state index in [0.29, 0.717) is 98.8 Å². The molecule has 10 heterocycles. The lowest BCUT2D eigenvalue weighted by atomic mass is 9.96. The number of hydrogen-bond acceptors (Lipinski definition) is 23. The summed E-state index contributed by atoms with van der Waals surface area (Å²) in [6.45, 7) is 12.6. The fourth-order valence-electron chi connectivity index (χ4n) is 16.2. The first kappa shape index (κ1) is 93.3. The van der Waals surface area contributed by atoms with Crippen LogP contribution in [0.3, 0.4) is 0 Å². The molecule has 10 N–H and O–H groups in total. The van der Waals surface area contributed by atoms with Crippen LogP contribution in [0.25, 0.3) is 11.1 Å². The Morgan fingerprint density at radius 3 is 1.32 bits per heavy atom. The van der Waals surface area contributed by atoms with Crippen LogP contribution in [0.4, 0.5) is 69.2 Å². The molecule has 676 valence electrons. The average molecular weight is 1780 g/mol. The highest BCUT2D eigenvalue weighted by atomic mass is 19.4. The highest BCUT2D eigenvalue weighted by molar-refractivity contribution is 6.27. The topological polar surface area (TPSA) is 416 Å². The number of H-pyrrole nitrogens is 2. The van der Waals surface area contributed by atoms with Crippen LogP contribution in [0.5, 0.6) is 0 Å². The van der Waals surface area contributed by atoms with Gasteiger partial charge in [0.25, 0.3) is 35.4 Å². The van der Waals surface area contributed by atoms with Gasteiger partial charge >= 0.3 is 18.3 Å². The van der Waals surface area contributed by atoms with Crippen molar-refractivity contribution in [2.24, 2.45) is 0 Å². The number of likely N-dealkylation sites (N-methyl/N-ethyl adjacent to an activating group) is 2. The van der Waals surface area contributed by atoms with Crippen molar-refractivity contribution in [1.29, 1.82) is 0 Å². The van der Waals surface area contributed by atoms with Crippen molar-refractivity contribution >= 4 is 116 Å². The summed E-state index contributed by atoms with van der Waals surface area (Å²) in [6, 6.07) is 13.8. The van der Waals surface area contributed by atoms with E-state index in [1.54, 1.807) is 35.2 Å². The Kier molecular flexibility index (Phi) is 29.2. The van der Waals surface area contributed by atoms with Crippen molar-refractivity contribution in [3.63, 3.8) is 0 Å². The van der Waals surface area contributed by atoms with Gasteiger partial charge in [-0.15, -0.1) is 0 Å². The van der Waals surface area contributed by atoms with E-state index in [2.05, 4.69) is 57.0 Å². The molecule has 0 bridgehead atoms. The second kappa shape index (κ2) is 39.8. The highest BCUT2D eigenvalue weighted by Gasteiger charge is 2.48. The fraction of sp³-hybridized carbons (Fsp3) is 0.419. The van der Waals surface area contributed by atoms with Crippen molar-refractivity contribution in [1.82, 2.24) is 50.4 Å². The van der Waals surface area contributed by atoms with Crippen LogP contribution in [0, 0.1) is 11.6 Å². The van der Waals surface area contributed by atoms with Gasteiger partial charge in [-0.2, -0.15) is 26.3 Å². The van der Waals surface area contributed by atoms with Crippen molar-refractivity contribution < 1.29 is 107 Å². The van der Waals surface area contributed by atoms with Crippen LogP contribution < -0.4 is 58.1 Å². The molecule has 4 saturated heterocycles. The van der Waals surface area contributed by atoms with E-state index in [9.17, 15) is 93.5 Å². The minimum atomic E-state index is -5.00. The quantitative estimate of drug-likeness (QED) is 0.0159. The van der Waals surface area contributed by atoms with Gasteiger partial charge in [0.05, 0.1) is 107 Å². The number of carboxylic acid groups (broad SMARTS) is 1. The Hall–Kier alpha value is -12.9. The number of piperazine rings is 2. The van der Waals surface area contributed by atoms with Gasteiger partial charge in [-0.25, -0.2) is 8.78 Å². The third-order valence-corrected chi connectivity index (χ3v) is 23.3. The Balaban J connectivity index is 0.000000192. The number of carbonyl (C=O) groups is 12. The monoisotopic (exact) mass is 1770 g/mol. The summed E-state index contributed by atoms with van der Waals surface area (Å²) in [6.07, 6.45) is -3.98. The number of alkyl halides is 6. The predicted octanol–water partition coefficient (Wildman–Crippen LogP) is 7.53. The van der Waals surface area contributed by atoms with Crippen molar-refractivity contribution in [3.8, 4) is 0 Å². The number of aromatic nitrogens is 2. The summed E-state index contributed by atoms with van der Waals surface area (Å²) in [5, 5.41) is 27.2. The lowest BCUT2D eigenvalue weighted by molar-refractivity contribution is -0.139. The molecule has 4 fully saturated rings. The standard InChI is InChI=1S/C43H46F4N8O8.C25H29F4N5O2.C18H19N3O7/c1-23-21-54(22-24(2)52(23)3)34-19-30(44)27(17-32(34)50-39(59)28-20-49-36(57)18-29(28)43(45,46)47)25-9-13-53(14-10-25)37(58)11-15-63-16-12-48-31-6-4-5-26-38(31)42(62)55(41(26)61)33-7-8-35(56)51-40(33)60;1-14-12-34(13-15(2)33(14)3)22-10-20(26)17(16-4-6-30-7-5-16)8-21(22)32-24(36)18-11-31-23(35)9-19(18)25(27,28)29;22-13-5-4-12(16(25)20-13)21-17(26)10-2-1-3-11(15(10)18(21)27)19-7-9-28-8-6-14(23)24/h4-6,9,17-20,23-24,33,48H,7-8,10-16,21-22H2,1-3H3,(H,49,57)(H,50,59)(H,51,56,60);4,8-11,14-15,30H,5-7,12-13H2,1-3H3,(H,31,35)(H,32,36);1-3,12,19H,4-9H2,(H,23,24)(H,20,22,25)/t23-,24+,33?;14-,15+;. The highest BCUT2D eigenvalue weighted by Crippen LogP contribution is 2.42. The number of anilines is 6. The third kappa shape index (κ3) is 21.5. The summed E-state index contributed by atoms with van der Waals surface area (Å²) >= 11 is 0. The summed E-state index contributed by atoms with van der Waals surface area (Å²) in [7, 11) is 3.95. The van der Waals surface area contributed by atoms with Gasteiger partial charge < -0.3 is 65.8 Å². The number of ether oxygens (including phenoxy) is 2. The SMILES string of the molecule is C[C@@H]1CN(c2cc(F)c(C3=CCN(C(=O)CCOCCNc4cccc5c4C(=O)N(C4CCC(=O)NC4=O)C5=O)CC3)cc2NC(=O)c2c[nH]c(=O)cc2C(F)(F)F)C[C@H](C)N1C.C[C@@H]1CN(c2cc(F)c(C3=CCNCC3)cc2NC(=O)c2c[nH]c(=O)cc2C(F)(F)F)C[C@H](C)N1C.O=C(O)CCOCCNc1cccc2c1C(=O)N(C1CCC(=O)NC1=O)C2=O. The molecule has 6 aromatic rings. The first-order valence-corrected chi connectivity index (χ1v) is 41.0. The van der Waals surface area contributed by atoms with Crippen LogP contribution in [-0.4, -0.2) is 253 Å². The summed E-state index contributed by atoms with van der Waals surface area (Å²) in [5.74, 6) is -9.15. The minimum Gasteiger partial charge on any atom is -0.481 e. The molecular formula is C86H94F8N16O17. The second-order valence-electron chi connectivity index (χ2n) is 31.7. The maximum atomic E-state index is 16.1. The molecule has 8 aliphatic rings. The largest absolute Gasteiger partial charge is 0.481 e. The number of benzene rings is 4. The summed E-state index contributed by atoms with van der Waals surface area (Å²) in [4.78, 5) is 189. The molecular weight excluding hydrogens is 1680 g/mol. The molecule has 14 rings (SSSR count). The van der Waals surface area contributed by atoms with E-state index < -0.39 is 134 Å². The number of pyridine rings is 2. The zero-order chi connectivity index (χ0) is 91.8. The Morgan fingerprint density at radius 2 is 0.937 bits per heavy atom. The summed E-state index contributed by atoms with van der Waals surface area (Å²) < 4.78 is 125. The van der Waals surface area contributed by atoms with Crippen LogP contribution in [0.2, 0.25) is 0 Å². The number of aromatic amines is 2. The lowest BCUT2D eigenvalue weighted by Gasteiger charge is -2.44. The number of carboxylic acids is 1. The number of fused-ring (bicyclic) bond motifs is 2. The number of halogens is 8. The number of imide groups is 4. The van der Waals surface area contributed by atoms with E-state index in [1.165, 1.54) is 36.4 Å². The Morgan fingerprint density at radius 1 is 0.512 bits per heavy atom. The van der Waals surface area contributed by atoms with Gasteiger partial charge in [0.1, 0.15) is 23.7 Å². The molecule has 0 aliphatic carbocycles. The second-order valence-corrected chi connectivity index (χ2v) is 31.7. The maximum absolute atomic E-state index is 16.1. The molecule has 6 atom stereocenters. The number of carbonyl (C=O) groups excluding carboxylic acids is 11. The van der Waals surface area contributed by atoms with Gasteiger partial charge in [0, 0.05) is 143 Å². The molecule has 0 saturated carbocycles. The average Bonchev–Trinajstić information content (AvgIpc) is 1.60. The molecule has 4 aromatic carbocycles. The predicted molar refractivity (Wildman–Crippen MR) is 447 cm³/mol. The zero-order valence-corrected chi connectivity index (χ0v) is 69.9. The van der Waals surface area contributed by atoms with Gasteiger partial charge in [-0.3, -0.25) is 97.4 Å². The molecule has 33 nitrogen and oxygen atoms in total. The number of hydrogen-bond donors (Lipinski definition) is 10. The van der Waals surface area contributed by atoms with E-state index in [4.69, 9.17) is 14.6 Å². The number of aliphatic carboxylic acids is 1. The van der Waals surface area contributed by atoms with Crippen LogP contribution >= 0.6 is 0 Å². The first-order chi connectivity index (χ1) is 60.3. The number of amides is 11. The van der Waals surface area contributed by atoms with Crippen molar-refractivity contribution in [3.05, 3.63) is 185 Å². The van der Waals surface area contributed by atoms with Crippen molar-refractivity contribution in [2.75, 3.05) is 137 Å². The summed E-state index contributed by atoms with van der Waals surface area (Å²) in [5.41, 5.74) is -2.23. The molecule has 0 spiro atoms. The molecule has 0 radical (unpaired) electrons.